The fraction of sp³-hybridized carbons (Fsp3) is 0.462. The number of thiol groups is 1. The van der Waals surface area contributed by atoms with Crippen LogP contribution >= 0.6 is 12.6 Å². The molecule has 0 saturated heterocycles. The highest BCUT2D eigenvalue weighted by atomic mass is 32.1. The number of carbonyl (C=O) groups excluding carboxylic acids is 1. The van der Waals surface area contributed by atoms with Gasteiger partial charge >= 0.3 is 0 Å². The van der Waals surface area contributed by atoms with Crippen molar-refractivity contribution in [2.24, 2.45) is 0 Å². The summed E-state index contributed by atoms with van der Waals surface area (Å²) in [6.07, 6.45) is 0. The molecule has 1 aromatic rings. The van der Waals surface area contributed by atoms with Gasteiger partial charge in [0, 0.05) is 30.7 Å². The highest BCUT2D eigenvalue weighted by molar-refractivity contribution is 7.80. The van der Waals surface area contributed by atoms with Gasteiger partial charge in [-0.05, 0) is 24.6 Å². The minimum atomic E-state index is -0.102. The molecule has 4 nitrogen and oxygen atoms in total. The van der Waals surface area contributed by atoms with Crippen LogP contribution in [0.1, 0.15) is 15.9 Å². The molecule has 0 atom stereocenters. The second-order valence-corrected chi connectivity index (χ2v) is 4.52. The molecule has 1 aromatic carbocycles. The fourth-order valence-corrected chi connectivity index (χ4v) is 1.85. The Morgan fingerprint density at radius 2 is 2.17 bits per heavy atom. The van der Waals surface area contributed by atoms with Crippen LogP contribution in [-0.4, -0.2) is 49.3 Å². The van der Waals surface area contributed by atoms with Gasteiger partial charge in [0.15, 0.2) is 0 Å². The Morgan fingerprint density at radius 3 is 2.78 bits per heavy atom. The zero-order valence-corrected chi connectivity index (χ0v) is 11.6. The molecule has 0 spiro atoms. The molecule has 18 heavy (non-hydrogen) atoms. The molecule has 1 N–H and O–H groups in total. The highest BCUT2D eigenvalue weighted by Gasteiger charge is 2.17. The number of hydrogen-bond acceptors (Lipinski definition) is 4. The van der Waals surface area contributed by atoms with E-state index in [-0.39, 0.29) is 12.5 Å². The summed E-state index contributed by atoms with van der Waals surface area (Å²) in [6.45, 7) is 3.04. The smallest absolute Gasteiger partial charge is 0.254 e. The Hall–Kier alpha value is -1.04. The third-order valence-corrected chi connectivity index (χ3v) is 2.95. The first kappa shape index (κ1) is 15.0. The third-order valence-electron chi connectivity index (χ3n) is 2.67. The van der Waals surface area contributed by atoms with E-state index in [1.807, 2.05) is 19.1 Å². The van der Waals surface area contributed by atoms with E-state index < -0.39 is 0 Å². The van der Waals surface area contributed by atoms with Crippen LogP contribution in [0.2, 0.25) is 0 Å². The van der Waals surface area contributed by atoms with Crippen molar-refractivity contribution in [1.82, 2.24) is 4.90 Å². The van der Waals surface area contributed by atoms with Crippen molar-refractivity contribution in [1.29, 1.82) is 0 Å². The van der Waals surface area contributed by atoms with Crippen molar-refractivity contribution in [2.45, 2.75) is 11.8 Å². The lowest BCUT2D eigenvalue weighted by molar-refractivity contribution is 0.0655. The molecule has 0 aliphatic carbocycles. The zero-order chi connectivity index (χ0) is 13.5. The fourth-order valence-electron chi connectivity index (χ4n) is 1.65. The van der Waals surface area contributed by atoms with Gasteiger partial charge in [0.05, 0.1) is 13.2 Å². The van der Waals surface area contributed by atoms with Crippen LogP contribution in [0.4, 0.5) is 0 Å². The van der Waals surface area contributed by atoms with E-state index >= 15 is 0 Å². The molecule has 100 valence electrons. The van der Waals surface area contributed by atoms with E-state index in [0.29, 0.717) is 25.3 Å². The SMILES string of the molecule is COCCN(CCO)C(=O)c1cc(S)ccc1C. The van der Waals surface area contributed by atoms with Crippen molar-refractivity contribution < 1.29 is 14.6 Å². The van der Waals surface area contributed by atoms with Gasteiger partial charge in [0.2, 0.25) is 0 Å². The van der Waals surface area contributed by atoms with Crippen LogP contribution in [0.3, 0.4) is 0 Å². The summed E-state index contributed by atoms with van der Waals surface area (Å²) in [4.78, 5) is 14.7. The van der Waals surface area contributed by atoms with E-state index in [9.17, 15) is 4.79 Å². The Kier molecular flexibility index (Phi) is 6.18. The number of aliphatic hydroxyl groups is 1. The molecule has 0 aliphatic heterocycles. The maximum Gasteiger partial charge on any atom is 0.254 e. The van der Waals surface area contributed by atoms with Crippen molar-refractivity contribution in [3.05, 3.63) is 29.3 Å². The average Bonchev–Trinajstić information content (AvgIpc) is 2.36. The minimum Gasteiger partial charge on any atom is -0.395 e. The van der Waals surface area contributed by atoms with Crippen molar-refractivity contribution in [3.8, 4) is 0 Å². The van der Waals surface area contributed by atoms with Gasteiger partial charge in [-0.2, -0.15) is 0 Å². The maximum absolute atomic E-state index is 12.3. The summed E-state index contributed by atoms with van der Waals surface area (Å²) >= 11 is 4.24. The standard InChI is InChI=1S/C13H19NO3S/c1-10-3-4-11(18)9-12(10)13(16)14(5-7-15)6-8-17-2/h3-4,9,15,18H,5-8H2,1-2H3. The van der Waals surface area contributed by atoms with Crippen LogP contribution in [0, 0.1) is 6.92 Å². The van der Waals surface area contributed by atoms with Gasteiger partial charge in [0.1, 0.15) is 0 Å². The second-order valence-electron chi connectivity index (χ2n) is 4.01. The van der Waals surface area contributed by atoms with E-state index in [1.54, 1.807) is 18.1 Å². The molecular formula is C13H19NO3S. The van der Waals surface area contributed by atoms with Gasteiger partial charge in [-0.15, -0.1) is 12.6 Å². The Balaban J connectivity index is 2.90. The average molecular weight is 269 g/mol. The number of aryl methyl sites for hydroxylation is 1. The zero-order valence-electron chi connectivity index (χ0n) is 10.7. The molecular weight excluding hydrogens is 250 g/mol. The minimum absolute atomic E-state index is 0.0604. The molecule has 1 amide bonds. The summed E-state index contributed by atoms with van der Waals surface area (Å²) in [5.41, 5.74) is 1.52. The van der Waals surface area contributed by atoms with Crippen molar-refractivity contribution >= 4 is 18.5 Å². The number of ether oxygens (including phenoxy) is 1. The number of nitrogens with zero attached hydrogens (tertiary/aromatic N) is 1. The van der Waals surface area contributed by atoms with Gasteiger partial charge < -0.3 is 14.7 Å². The van der Waals surface area contributed by atoms with Crippen LogP contribution in [0.25, 0.3) is 0 Å². The lowest BCUT2D eigenvalue weighted by Gasteiger charge is -2.22. The summed E-state index contributed by atoms with van der Waals surface area (Å²) in [7, 11) is 1.58. The van der Waals surface area contributed by atoms with E-state index in [2.05, 4.69) is 12.6 Å². The Labute approximate surface area is 113 Å². The molecule has 0 unspecified atom stereocenters. The van der Waals surface area contributed by atoms with E-state index in [4.69, 9.17) is 9.84 Å². The Bertz CT molecular complexity index is 409. The molecule has 0 aromatic heterocycles. The molecule has 1 rings (SSSR count). The van der Waals surface area contributed by atoms with Crippen molar-refractivity contribution in [3.63, 3.8) is 0 Å². The number of carbonyl (C=O) groups is 1. The second kappa shape index (κ2) is 7.41. The molecule has 0 fully saturated rings. The number of rotatable bonds is 6. The molecule has 0 heterocycles. The lowest BCUT2D eigenvalue weighted by atomic mass is 10.1. The van der Waals surface area contributed by atoms with Crippen LogP contribution in [-0.2, 0) is 4.74 Å². The topological polar surface area (TPSA) is 49.8 Å². The lowest BCUT2D eigenvalue weighted by Crippen LogP contribution is -2.36. The number of amides is 1. The molecule has 0 saturated carbocycles. The number of aliphatic hydroxyl groups excluding tert-OH is 1. The number of benzene rings is 1. The first-order valence-electron chi connectivity index (χ1n) is 5.78. The van der Waals surface area contributed by atoms with Crippen LogP contribution in [0.5, 0.6) is 0 Å². The summed E-state index contributed by atoms with van der Waals surface area (Å²) < 4.78 is 4.97. The van der Waals surface area contributed by atoms with E-state index in [0.717, 1.165) is 10.5 Å². The summed E-state index contributed by atoms with van der Waals surface area (Å²) in [6, 6.07) is 5.46. The Morgan fingerprint density at radius 1 is 1.44 bits per heavy atom. The van der Waals surface area contributed by atoms with Crippen molar-refractivity contribution in [2.75, 3.05) is 33.4 Å². The summed E-state index contributed by atoms with van der Waals surface area (Å²) in [5, 5.41) is 9.01. The predicted molar refractivity (Wildman–Crippen MR) is 73.3 cm³/mol. The molecule has 5 heteroatoms. The van der Waals surface area contributed by atoms with E-state index in [1.165, 1.54) is 0 Å². The first-order valence-corrected chi connectivity index (χ1v) is 6.23. The largest absolute Gasteiger partial charge is 0.395 e. The quantitative estimate of drug-likeness (QED) is 0.767. The number of methoxy groups -OCH3 is 1. The highest BCUT2D eigenvalue weighted by Crippen LogP contribution is 2.16. The van der Waals surface area contributed by atoms with Gasteiger partial charge in [0.25, 0.3) is 5.91 Å². The van der Waals surface area contributed by atoms with Gasteiger partial charge in [-0.1, -0.05) is 6.07 Å². The van der Waals surface area contributed by atoms with Gasteiger partial charge in [-0.25, -0.2) is 0 Å². The van der Waals surface area contributed by atoms with Crippen LogP contribution in [0.15, 0.2) is 23.1 Å². The maximum atomic E-state index is 12.3. The molecule has 0 radical (unpaired) electrons. The first-order chi connectivity index (χ1) is 8.60. The number of hydrogen-bond donors (Lipinski definition) is 2. The predicted octanol–water partition coefficient (Wildman–Crippen LogP) is 1.36. The monoisotopic (exact) mass is 269 g/mol. The molecule has 0 bridgehead atoms. The van der Waals surface area contributed by atoms with Gasteiger partial charge in [-0.3, -0.25) is 4.79 Å². The van der Waals surface area contributed by atoms with Crippen LogP contribution < -0.4 is 0 Å². The molecule has 0 aliphatic rings. The normalized spacial score (nSPS) is 10.4. The summed E-state index contributed by atoms with van der Waals surface area (Å²) in [5.74, 6) is -0.102. The third kappa shape index (κ3) is 4.01.